The zero-order chi connectivity index (χ0) is 19.1. The molecule has 1 aromatic heterocycles. The Morgan fingerprint density at radius 1 is 1.26 bits per heavy atom. The normalized spacial score (nSPS) is 14.3. The molecule has 6 heteroatoms. The van der Waals surface area contributed by atoms with Gasteiger partial charge < -0.3 is 9.84 Å². The fourth-order valence-corrected chi connectivity index (χ4v) is 3.67. The Hall–Kier alpha value is -2.08. The van der Waals surface area contributed by atoms with Crippen molar-refractivity contribution in [3.8, 4) is 11.4 Å². The Kier molecular flexibility index (Phi) is 7.10. The number of amides is 1. The minimum atomic E-state index is -0.00237. The van der Waals surface area contributed by atoms with Gasteiger partial charge >= 0.3 is 0 Å². The Labute approximate surface area is 165 Å². The van der Waals surface area contributed by atoms with E-state index in [4.69, 9.17) is 4.52 Å². The van der Waals surface area contributed by atoms with Crippen LogP contribution in [0.25, 0.3) is 11.4 Å². The van der Waals surface area contributed by atoms with Crippen LogP contribution in [-0.2, 0) is 4.79 Å². The van der Waals surface area contributed by atoms with E-state index in [1.54, 1.807) is 0 Å². The van der Waals surface area contributed by atoms with E-state index in [0.29, 0.717) is 23.5 Å². The zero-order valence-corrected chi connectivity index (χ0v) is 16.8. The third-order valence-electron chi connectivity index (χ3n) is 4.72. The van der Waals surface area contributed by atoms with Crippen LogP contribution >= 0.6 is 11.8 Å². The first-order valence-electron chi connectivity index (χ1n) is 9.63. The molecule has 0 saturated heterocycles. The molecule has 3 rings (SSSR count). The van der Waals surface area contributed by atoms with Gasteiger partial charge in [0.25, 0.3) is 5.22 Å². The molecule has 0 aliphatic heterocycles. The molecule has 5 nitrogen and oxygen atoms in total. The van der Waals surface area contributed by atoms with E-state index in [-0.39, 0.29) is 11.7 Å². The van der Waals surface area contributed by atoms with Gasteiger partial charge in [0.1, 0.15) is 0 Å². The third-order valence-corrected chi connectivity index (χ3v) is 5.54. The van der Waals surface area contributed by atoms with Gasteiger partial charge in [0, 0.05) is 12.1 Å². The molecule has 0 unspecified atom stereocenters. The monoisotopic (exact) mass is 385 g/mol. The summed E-state index contributed by atoms with van der Waals surface area (Å²) in [6, 6.07) is 8.17. The molecule has 1 amide bonds. The SMILES string of the molecule is CC(C)c1ccc(-c2noc(SCC(=O)NCCC3=CCCCC3)n2)cc1. The number of carbonyl (C=O) groups excluding carboxylic acids is 1. The maximum absolute atomic E-state index is 12.0. The van der Waals surface area contributed by atoms with Crippen molar-refractivity contribution < 1.29 is 9.32 Å². The van der Waals surface area contributed by atoms with Crippen molar-refractivity contribution in [1.29, 1.82) is 0 Å². The Balaban J connectivity index is 1.43. The third kappa shape index (κ3) is 5.96. The summed E-state index contributed by atoms with van der Waals surface area (Å²) in [5.74, 6) is 1.32. The largest absolute Gasteiger partial charge is 0.355 e. The molecule has 2 aromatic rings. The fourth-order valence-electron chi connectivity index (χ4n) is 3.08. The first kappa shape index (κ1) is 19.7. The number of benzene rings is 1. The van der Waals surface area contributed by atoms with Crippen LogP contribution in [0.2, 0.25) is 0 Å². The van der Waals surface area contributed by atoms with Gasteiger partial charge in [0.05, 0.1) is 5.75 Å². The molecular weight excluding hydrogens is 358 g/mol. The zero-order valence-electron chi connectivity index (χ0n) is 16.0. The van der Waals surface area contributed by atoms with Crippen LogP contribution in [0.4, 0.5) is 0 Å². The molecule has 27 heavy (non-hydrogen) atoms. The second-order valence-corrected chi connectivity index (χ2v) is 8.08. The van der Waals surface area contributed by atoms with Crippen LogP contribution in [0.5, 0.6) is 0 Å². The predicted molar refractivity (Wildman–Crippen MR) is 109 cm³/mol. The van der Waals surface area contributed by atoms with Gasteiger partial charge in [-0.25, -0.2) is 0 Å². The number of hydrogen-bond donors (Lipinski definition) is 1. The molecule has 0 radical (unpaired) electrons. The summed E-state index contributed by atoms with van der Waals surface area (Å²) in [6.07, 6.45) is 8.19. The molecule has 1 aliphatic carbocycles. The number of nitrogens with zero attached hydrogens (tertiary/aromatic N) is 2. The number of aromatic nitrogens is 2. The Morgan fingerprint density at radius 2 is 2.07 bits per heavy atom. The van der Waals surface area contributed by atoms with Crippen LogP contribution in [0, 0.1) is 0 Å². The molecule has 144 valence electrons. The van der Waals surface area contributed by atoms with Gasteiger partial charge in [-0.2, -0.15) is 4.98 Å². The van der Waals surface area contributed by atoms with Crippen molar-refractivity contribution in [3.05, 3.63) is 41.5 Å². The lowest BCUT2D eigenvalue weighted by Gasteiger charge is -2.12. The molecule has 1 aromatic carbocycles. The van der Waals surface area contributed by atoms with Crippen molar-refractivity contribution in [1.82, 2.24) is 15.5 Å². The number of allylic oxidation sites excluding steroid dienone is 1. The van der Waals surface area contributed by atoms with E-state index in [1.165, 1.54) is 48.6 Å². The number of rotatable bonds is 8. The average molecular weight is 386 g/mol. The van der Waals surface area contributed by atoms with E-state index in [0.717, 1.165) is 12.0 Å². The Bertz CT molecular complexity index is 781. The summed E-state index contributed by atoms with van der Waals surface area (Å²) >= 11 is 1.27. The van der Waals surface area contributed by atoms with Crippen LogP contribution in [-0.4, -0.2) is 28.3 Å². The maximum Gasteiger partial charge on any atom is 0.286 e. The molecule has 0 fully saturated rings. The molecule has 1 N–H and O–H groups in total. The highest BCUT2D eigenvalue weighted by atomic mass is 32.2. The first-order valence-corrected chi connectivity index (χ1v) is 10.6. The number of hydrogen-bond acceptors (Lipinski definition) is 5. The van der Waals surface area contributed by atoms with Crippen molar-refractivity contribution in [2.75, 3.05) is 12.3 Å². The molecule has 0 atom stereocenters. The van der Waals surface area contributed by atoms with E-state index >= 15 is 0 Å². The predicted octanol–water partition coefficient (Wildman–Crippen LogP) is 4.96. The van der Waals surface area contributed by atoms with Crippen molar-refractivity contribution in [2.45, 2.75) is 57.1 Å². The summed E-state index contributed by atoms with van der Waals surface area (Å²) in [4.78, 5) is 16.4. The summed E-state index contributed by atoms with van der Waals surface area (Å²) < 4.78 is 5.26. The standard InChI is InChI=1S/C21H27N3O2S/c1-15(2)17-8-10-18(11-9-17)20-23-21(26-24-20)27-14-19(25)22-13-12-16-6-4-3-5-7-16/h6,8-11,15H,3-5,7,12-14H2,1-2H3,(H,22,25). The summed E-state index contributed by atoms with van der Waals surface area (Å²) in [7, 11) is 0. The van der Waals surface area contributed by atoms with Crippen molar-refractivity contribution in [2.24, 2.45) is 0 Å². The highest BCUT2D eigenvalue weighted by Crippen LogP contribution is 2.23. The minimum absolute atomic E-state index is 0.00237. The summed E-state index contributed by atoms with van der Waals surface area (Å²) in [5.41, 5.74) is 3.66. The van der Waals surface area contributed by atoms with Crippen LogP contribution < -0.4 is 5.32 Å². The minimum Gasteiger partial charge on any atom is -0.355 e. The number of thioether (sulfide) groups is 1. The lowest BCUT2D eigenvalue weighted by molar-refractivity contribution is -0.118. The molecule has 0 spiro atoms. The highest BCUT2D eigenvalue weighted by Gasteiger charge is 2.12. The van der Waals surface area contributed by atoms with Crippen molar-refractivity contribution in [3.63, 3.8) is 0 Å². The van der Waals surface area contributed by atoms with E-state index < -0.39 is 0 Å². The average Bonchev–Trinajstić information content (AvgIpc) is 3.16. The van der Waals surface area contributed by atoms with Crippen LogP contribution in [0.15, 0.2) is 45.7 Å². The number of nitrogens with one attached hydrogen (secondary N) is 1. The quantitative estimate of drug-likeness (QED) is 0.514. The topological polar surface area (TPSA) is 68.0 Å². The first-order chi connectivity index (χ1) is 13.1. The van der Waals surface area contributed by atoms with Crippen LogP contribution in [0.3, 0.4) is 0 Å². The summed E-state index contributed by atoms with van der Waals surface area (Å²) in [6.45, 7) is 5.02. The molecule has 0 bridgehead atoms. The highest BCUT2D eigenvalue weighted by molar-refractivity contribution is 7.99. The van der Waals surface area contributed by atoms with Crippen LogP contribution in [0.1, 0.15) is 57.4 Å². The molecule has 0 saturated carbocycles. The van der Waals surface area contributed by atoms with Gasteiger partial charge in [-0.15, -0.1) is 0 Å². The van der Waals surface area contributed by atoms with E-state index in [1.807, 2.05) is 12.1 Å². The van der Waals surface area contributed by atoms with Gasteiger partial charge in [-0.05, 0) is 43.6 Å². The number of carbonyl (C=O) groups is 1. The lowest BCUT2D eigenvalue weighted by Crippen LogP contribution is -2.26. The van der Waals surface area contributed by atoms with Gasteiger partial charge in [-0.1, -0.05) is 66.7 Å². The molecule has 1 aliphatic rings. The second-order valence-electron chi connectivity index (χ2n) is 7.16. The van der Waals surface area contributed by atoms with E-state index in [9.17, 15) is 4.79 Å². The lowest BCUT2D eigenvalue weighted by atomic mass is 9.97. The maximum atomic E-state index is 12.0. The van der Waals surface area contributed by atoms with Gasteiger partial charge in [0.15, 0.2) is 0 Å². The molecule has 1 heterocycles. The second kappa shape index (κ2) is 9.74. The van der Waals surface area contributed by atoms with Gasteiger partial charge in [-0.3, -0.25) is 4.79 Å². The summed E-state index contributed by atoms with van der Waals surface area (Å²) in [5, 5.41) is 7.40. The smallest absolute Gasteiger partial charge is 0.286 e. The van der Waals surface area contributed by atoms with Crippen molar-refractivity contribution >= 4 is 17.7 Å². The fraction of sp³-hybridized carbons (Fsp3) is 0.476. The Morgan fingerprint density at radius 3 is 2.78 bits per heavy atom. The molecular formula is C21H27N3O2S. The van der Waals surface area contributed by atoms with Gasteiger partial charge in [0.2, 0.25) is 11.7 Å². The van der Waals surface area contributed by atoms with E-state index in [2.05, 4.69) is 47.5 Å².